The number of rotatable bonds is 7. The van der Waals surface area contributed by atoms with Gasteiger partial charge >= 0.3 is 11.9 Å². The molecule has 0 saturated carbocycles. The Morgan fingerprint density at radius 3 is 1.63 bits per heavy atom. The molecule has 0 aliphatic heterocycles. The van der Waals surface area contributed by atoms with Crippen molar-refractivity contribution in [1.29, 1.82) is 0 Å². The quantitative estimate of drug-likeness (QED) is 0.125. The van der Waals surface area contributed by atoms with Crippen molar-refractivity contribution in [2.45, 2.75) is 41.0 Å². The van der Waals surface area contributed by atoms with Gasteiger partial charge in [-0.05, 0) is 11.1 Å². The third-order valence-corrected chi connectivity index (χ3v) is 7.81. The molecule has 4 rings (SSSR count). The van der Waals surface area contributed by atoms with Crippen molar-refractivity contribution in [3.8, 4) is 0 Å². The molecule has 38 heavy (non-hydrogen) atoms. The summed E-state index contributed by atoms with van der Waals surface area (Å²) in [5, 5.41) is 19.3. The highest BCUT2D eigenvalue weighted by Gasteiger charge is 2.06. The number of anilines is 2. The first-order chi connectivity index (χ1) is 18.2. The van der Waals surface area contributed by atoms with Crippen LogP contribution in [0.15, 0.2) is 69.3 Å². The number of amides is 1. The molecule has 0 atom stereocenters. The maximum Gasteiger partial charge on any atom is 0.310 e. The fourth-order valence-electron chi connectivity index (χ4n) is 2.39. The summed E-state index contributed by atoms with van der Waals surface area (Å²) in [4.78, 5) is 30.4. The smallest absolute Gasteiger partial charge is 0.310 e. The van der Waals surface area contributed by atoms with Crippen LogP contribution in [-0.2, 0) is 30.6 Å². The van der Waals surface area contributed by atoms with E-state index in [-0.39, 0.29) is 5.91 Å². The number of nitrogens with one attached hydrogen (secondary N) is 1. The minimum atomic E-state index is -0.562. The minimum Gasteiger partial charge on any atom is -0.394 e. The fraction of sp³-hybridized carbons (Fsp3) is 0.208. The Kier molecular flexibility index (Phi) is 14.0. The minimum absolute atomic E-state index is 0.124. The Morgan fingerprint density at radius 1 is 0.763 bits per heavy atom. The lowest BCUT2D eigenvalue weighted by Gasteiger charge is -1.96. The van der Waals surface area contributed by atoms with Gasteiger partial charge in [0.2, 0.25) is 16.2 Å². The van der Waals surface area contributed by atoms with E-state index in [0.717, 1.165) is 20.2 Å². The Hall–Kier alpha value is -3.33. The van der Waals surface area contributed by atoms with E-state index in [4.69, 9.17) is 5.73 Å². The molecule has 0 radical (unpaired) electrons. The van der Waals surface area contributed by atoms with Crippen LogP contribution in [0.4, 0.5) is 10.3 Å². The Balaban J connectivity index is 0.000000218. The van der Waals surface area contributed by atoms with Crippen LogP contribution in [0.3, 0.4) is 0 Å². The van der Waals surface area contributed by atoms with Crippen LogP contribution in [0.25, 0.3) is 0 Å². The second kappa shape index (κ2) is 17.2. The number of benzene rings is 2. The fourth-order valence-corrected chi connectivity index (χ4v) is 5.73. The second-order valence-corrected chi connectivity index (χ2v) is 11.5. The van der Waals surface area contributed by atoms with Crippen molar-refractivity contribution < 1.29 is 19.1 Å². The maximum atomic E-state index is 10.8. The van der Waals surface area contributed by atoms with E-state index in [1.165, 1.54) is 54.6 Å². The lowest BCUT2D eigenvalue weighted by atomic mass is 10.2. The van der Waals surface area contributed by atoms with Crippen LogP contribution in [-0.4, -0.2) is 38.2 Å². The summed E-state index contributed by atoms with van der Waals surface area (Å²) in [6.07, 6.45) is 0. The van der Waals surface area contributed by atoms with Crippen molar-refractivity contribution >= 4 is 74.3 Å². The molecule has 0 aliphatic carbocycles. The van der Waals surface area contributed by atoms with Gasteiger partial charge in [-0.15, -0.1) is 20.4 Å². The maximum absolute atomic E-state index is 10.8. The molecule has 0 aliphatic rings. The summed E-state index contributed by atoms with van der Waals surface area (Å²) in [5.74, 6) is 0.520. The van der Waals surface area contributed by atoms with Crippen LogP contribution >= 0.6 is 46.2 Å². The largest absolute Gasteiger partial charge is 0.394 e. The van der Waals surface area contributed by atoms with E-state index < -0.39 is 11.9 Å². The molecule has 0 fully saturated rings. The highest BCUT2D eigenvalue weighted by atomic mass is 32.2. The van der Waals surface area contributed by atoms with Crippen molar-refractivity contribution in [2.24, 2.45) is 0 Å². The van der Waals surface area contributed by atoms with E-state index in [2.05, 4.69) is 54.7 Å². The molecule has 2 aromatic carbocycles. The molecule has 2 aromatic heterocycles. The van der Waals surface area contributed by atoms with E-state index in [0.29, 0.717) is 10.3 Å². The highest BCUT2D eigenvalue weighted by Crippen LogP contribution is 2.28. The van der Waals surface area contributed by atoms with E-state index in [9.17, 15) is 14.4 Å². The highest BCUT2D eigenvalue weighted by molar-refractivity contribution is 8.00. The van der Waals surface area contributed by atoms with Gasteiger partial charge in [0.05, 0.1) is 0 Å². The summed E-state index contributed by atoms with van der Waals surface area (Å²) in [7, 11) is 0. The lowest BCUT2D eigenvalue weighted by molar-refractivity contribution is -0.156. The summed E-state index contributed by atoms with van der Waals surface area (Å²) in [6.45, 7) is 3.82. The normalized spacial score (nSPS) is 9.76. The molecule has 1 amide bonds. The van der Waals surface area contributed by atoms with Crippen molar-refractivity contribution in [1.82, 2.24) is 20.4 Å². The van der Waals surface area contributed by atoms with E-state index >= 15 is 0 Å². The monoisotopic (exact) mass is 590 g/mol. The van der Waals surface area contributed by atoms with Gasteiger partial charge in [0.1, 0.15) is 0 Å². The van der Waals surface area contributed by atoms with Gasteiger partial charge in [-0.3, -0.25) is 14.4 Å². The van der Waals surface area contributed by atoms with Crippen LogP contribution < -0.4 is 11.1 Å². The number of nitrogens with zero attached hydrogens (tertiary/aromatic N) is 4. The molecule has 14 heteroatoms. The number of hydrogen-bond donors (Lipinski definition) is 2. The first-order valence-electron chi connectivity index (χ1n) is 10.9. The topological polar surface area (TPSA) is 150 Å². The molecule has 0 spiro atoms. The first-order valence-corrected chi connectivity index (χ1v) is 14.5. The Morgan fingerprint density at radius 2 is 1.24 bits per heavy atom. The van der Waals surface area contributed by atoms with Gasteiger partial charge in [-0.2, -0.15) is 0 Å². The molecule has 10 nitrogen and oxygen atoms in total. The van der Waals surface area contributed by atoms with Gasteiger partial charge in [-0.1, -0.05) is 107 Å². The predicted octanol–water partition coefficient (Wildman–Crippen LogP) is 5.30. The number of carbonyl (C=O) groups excluding carboxylic acids is 3. The number of esters is 2. The Bertz CT molecular complexity index is 1270. The number of nitrogen functional groups attached to an aromatic ring is 1. The zero-order valence-electron chi connectivity index (χ0n) is 20.8. The molecular formula is C24H26N6O4S4. The number of thioether (sulfide) groups is 2. The molecule has 3 N–H and O–H groups in total. The molecular weight excluding hydrogens is 565 g/mol. The molecule has 200 valence electrons. The third kappa shape index (κ3) is 13.8. The average molecular weight is 591 g/mol. The summed E-state index contributed by atoms with van der Waals surface area (Å²) < 4.78 is 5.75. The number of aromatic nitrogens is 4. The number of hydrogen-bond acceptors (Lipinski definition) is 13. The molecule has 4 aromatic rings. The molecule has 0 bridgehead atoms. The average Bonchev–Trinajstić information content (AvgIpc) is 3.50. The van der Waals surface area contributed by atoms with Gasteiger partial charge in [-0.25, -0.2) is 0 Å². The van der Waals surface area contributed by atoms with Gasteiger partial charge < -0.3 is 15.8 Å². The van der Waals surface area contributed by atoms with Gasteiger partial charge in [0.25, 0.3) is 0 Å². The standard InChI is InChI=1S/C11H11N3OS2.C9H9N3S2.C4H6O3/c1-8(15)12-10-13-14-11(17-10)16-7-9-5-3-2-4-6-9;10-8-11-12-9(14-8)13-6-7-4-2-1-3-5-7;1-3(5)7-4(2)6/h2-6H,7H2,1H3,(H,12,13,15);1-5H,6H2,(H2,10,11);1-2H3. The zero-order valence-corrected chi connectivity index (χ0v) is 24.1. The molecule has 0 saturated heterocycles. The van der Waals surface area contributed by atoms with E-state index in [1.807, 2.05) is 36.4 Å². The molecule has 2 heterocycles. The molecule has 0 unspecified atom stereocenters. The van der Waals surface area contributed by atoms with Crippen LogP contribution in [0.2, 0.25) is 0 Å². The van der Waals surface area contributed by atoms with Crippen molar-refractivity contribution in [3.05, 3.63) is 71.8 Å². The van der Waals surface area contributed by atoms with Crippen LogP contribution in [0.1, 0.15) is 31.9 Å². The lowest BCUT2D eigenvalue weighted by Crippen LogP contribution is -2.04. The van der Waals surface area contributed by atoms with E-state index in [1.54, 1.807) is 23.5 Å². The summed E-state index contributed by atoms with van der Waals surface area (Å²) in [5.41, 5.74) is 8.01. The second-order valence-electron chi connectivity index (χ2n) is 7.09. The first kappa shape index (κ1) is 30.9. The number of carbonyl (C=O) groups is 3. The van der Waals surface area contributed by atoms with Gasteiger partial charge in [0.15, 0.2) is 8.68 Å². The SMILES string of the molecule is CC(=O)Nc1nnc(SCc2ccccc2)s1.CC(=O)OC(C)=O.Nc1nnc(SCc2ccccc2)s1. The summed E-state index contributed by atoms with van der Waals surface area (Å²) >= 11 is 6.09. The van der Waals surface area contributed by atoms with Crippen LogP contribution in [0.5, 0.6) is 0 Å². The third-order valence-electron chi connectivity index (χ3n) is 3.81. The number of ether oxygens (including phenoxy) is 1. The van der Waals surface area contributed by atoms with Gasteiger partial charge in [0, 0.05) is 32.3 Å². The zero-order chi connectivity index (χ0) is 27.8. The summed E-state index contributed by atoms with van der Waals surface area (Å²) in [6, 6.07) is 20.4. The Labute approximate surface area is 236 Å². The van der Waals surface area contributed by atoms with Crippen LogP contribution in [0, 0.1) is 0 Å². The van der Waals surface area contributed by atoms with Crippen molar-refractivity contribution in [3.63, 3.8) is 0 Å². The predicted molar refractivity (Wildman–Crippen MR) is 153 cm³/mol. The number of nitrogens with two attached hydrogens (primary N) is 1. The van der Waals surface area contributed by atoms with Crippen molar-refractivity contribution in [2.75, 3.05) is 11.1 Å².